The topological polar surface area (TPSA) is 43.0 Å². The summed E-state index contributed by atoms with van der Waals surface area (Å²) in [7, 11) is 0. The Morgan fingerprint density at radius 1 is 1.40 bits per heavy atom. The van der Waals surface area contributed by atoms with Crippen molar-refractivity contribution in [2.24, 2.45) is 0 Å². The summed E-state index contributed by atoms with van der Waals surface area (Å²) in [6, 6.07) is 4.27. The molecule has 0 aliphatic heterocycles. The highest BCUT2D eigenvalue weighted by molar-refractivity contribution is 6.29. The molecule has 2 aromatic heterocycles. The monoisotopic (exact) mass is 295 g/mol. The second-order valence-corrected chi connectivity index (χ2v) is 5.10. The summed E-state index contributed by atoms with van der Waals surface area (Å²) in [4.78, 5) is 0. The third-order valence-electron chi connectivity index (χ3n) is 3.46. The third kappa shape index (κ3) is 3.25. The van der Waals surface area contributed by atoms with Crippen molar-refractivity contribution in [3.8, 4) is 0 Å². The van der Waals surface area contributed by atoms with Gasteiger partial charge in [-0.15, -0.1) is 0 Å². The van der Waals surface area contributed by atoms with E-state index in [9.17, 15) is 0 Å². The van der Waals surface area contributed by atoms with E-state index in [2.05, 4.69) is 41.9 Å². The van der Waals surface area contributed by atoms with E-state index in [4.69, 9.17) is 16.0 Å². The maximum Gasteiger partial charge on any atom is 0.197 e. The Morgan fingerprint density at radius 2 is 2.20 bits per heavy atom. The van der Waals surface area contributed by atoms with Gasteiger partial charge in [-0.25, -0.2) is 0 Å². The molecular weight excluding hydrogens is 274 g/mol. The fraction of sp³-hybridized carbons (Fsp3) is 0.533. The minimum atomic E-state index is 0.151. The quantitative estimate of drug-likeness (QED) is 0.848. The second kappa shape index (κ2) is 6.95. The van der Waals surface area contributed by atoms with E-state index in [0.717, 1.165) is 37.2 Å². The number of likely N-dealkylation sites (N-methyl/N-ethyl adjacent to an activating group) is 1. The molecule has 110 valence electrons. The zero-order valence-corrected chi connectivity index (χ0v) is 13.1. The zero-order valence-electron chi connectivity index (χ0n) is 12.3. The minimum Gasteiger partial charge on any atom is -0.453 e. The Labute approximate surface area is 125 Å². The summed E-state index contributed by atoms with van der Waals surface area (Å²) in [6.45, 7) is 8.10. The van der Waals surface area contributed by atoms with Gasteiger partial charge in [0.1, 0.15) is 0 Å². The van der Waals surface area contributed by atoms with Crippen LogP contribution in [0.1, 0.15) is 43.8 Å². The number of halogens is 1. The third-order valence-corrected chi connectivity index (χ3v) is 3.77. The summed E-state index contributed by atoms with van der Waals surface area (Å²) in [5.41, 5.74) is 3.37. The molecule has 1 unspecified atom stereocenters. The first-order chi connectivity index (χ1) is 9.69. The van der Waals surface area contributed by atoms with Crippen molar-refractivity contribution < 1.29 is 4.42 Å². The van der Waals surface area contributed by atoms with Gasteiger partial charge in [0.25, 0.3) is 0 Å². The molecular formula is C15H22ClN3O. The predicted octanol–water partition coefficient (Wildman–Crippen LogP) is 3.61. The first kappa shape index (κ1) is 15.1. The van der Waals surface area contributed by atoms with E-state index in [1.165, 1.54) is 5.69 Å². The van der Waals surface area contributed by atoms with Gasteiger partial charge in [0.05, 0.1) is 12.0 Å². The van der Waals surface area contributed by atoms with Crippen molar-refractivity contribution >= 4 is 11.6 Å². The molecule has 4 nitrogen and oxygen atoms in total. The summed E-state index contributed by atoms with van der Waals surface area (Å²) in [6.07, 6.45) is 3.45. The highest BCUT2D eigenvalue weighted by Gasteiger charge is 2.19. The molecule has 0 radical (unpaired) electrons. The molecule has 1 atom stereocenters. The van der Waals surface area contributed by atoms with Gasteiger partial charge in [-0.05, 0) is 43.6 Å². The van der Waals surface area contributed by atoms with Crippen LogP contribution in [0.4, 0.5) is 0 Å². The highest BCUT2D eigenvalue weighted by atomic mass is 35.5. The molecule has 0 saturated carbocycles. The van der Waals surface area contributed by atoms with Crippen molar-refractivity contribution in [1.82, 2.24) is 15.1 Å². The summed E-state index contributed by atoms with van der Waals surface area (Å²) in [5.74, 6) is 0. The Bertz CT molecular complexity index is 547. The smallest absolute Gasteiger partial charge is 0.197 e. The first-order valence-corrected chi connectivity index (χ1v) is 7.59. The van der Waals surface area contributed by atoms with Crippen molar-refractivity contribution in [2.45, 2.75) is 46.2 Å². The fourth-order valence-electron chi connectivity index (χ4n) is 2.43. The number of rotatable bonds is 7. The van der Waals surface area contributed by atoms with Gasteiger partial charge in [-0.1, -0.05) is 13.8 Å². The Hall–Kier alpha value is -1.26. The van der Waals surface area contributed by atoms with E-state index in [1.807, 2.05) is 6.07 Å². The van der Waals surface area contributed by atoms with Crippen molar-refractivity contribution in [2.75, 3.05) is 6.54 Å². The maximum atomic E-state index is 6.11. The number of nitrogens with one attached hydrogen (secondary N) is 1. The molecule has 20 heavy (non-hydrogen) atoms. The molecule has 1 N–H and O–H groups in total. The standard InChI is InChI=1S/C15H22ClN3O/c1-4-11-9-12(19(6-3)18-11)10-14(17-5-2)13-7-8-20-15(13)16/h7-9,14,17H,4-6,10H2,1-3H3. The van der Waals surface area contributed by atoms with Gasteiger partial charge in [-0.3, -0.25) is 4.68 Å². The average Bonchev–Trinajstić information content (AvgIpc) is 3.04. The maximum absolute atomic E-state index is 6.11. The molecule has 2 rings (SSSR count). The van der Waals surface area contributed by atoms with Crippen LogP contribution in [0.3, 0.4) is 0 Å². The number of hydrogen-bond acceptors (Lipinski definition) is 3. The lowest BCUT2D eigenvalue weighted by Crippen LogP contribution is -2.24. The van der Waals surface area contributed by atoms with Gasteiger partial charge in [0.2, 0.25) is 0 Å². The van der Waals surface area contributed by atoms with Crippen LogP contribution < -0.4 is 5.32 Å². The molecule has 0 fully saturated rings. The number of furan rings is 1. The van der Waals surface area contributed by atoms with Gasteiger partial charge in [-0.2, -0.15) is 5.10 Å². The Morgan fingerprint density at radius 3 is 2.75 bits per heavy atom. The molecule has 0 spiro atoms. The Kier molecular flexibility index (Phi) is 5.26. The number of nitrogens with zero attached hydrogens (tertiary/aromatic N) is 2. The van der Waals surface area contributed by atoms with Crippen LogP contribution in [-0.4, -0.2) is 16.3 Å². The SMILES string of the molecule is CCNC(Cc1cc(CC)nn1CC)c1ccoc1Cl. The minimum absolute atomic E-state index is 0.151. The van der Waals surface area contributed by atoms with E-state index < -0.39 is 0 Å². The lowest BCUT2D eigenvalue weighted by atomic mass is 10.0. The van der Waals surface area contributed by atoms with Crippen molar-refractivity contribution in [3.05, 3.63) is 40.6 Å². The van der Waals surface area contributed by atoms with Gasteiger partial charge < -0.3 is 9.73 Å². The molecule has 0 aromatic carbocycles. The van der Waals surface area contributed by atoms with Crippen LogP contribution in [0.2, 0.25) is 5.22 Å². The first-order valence-electron chi connectivity index (χ1n) is 7.21. The molecule has 2 heterocycles. The van der Waals surface area contributed by atoms with Gasteiger partial charge >= 0.3 is 0 Å². The zero-order chi connectivity index (χ0) is 14.5. The summed E-state index contributed by atoms with van der Waals surface area (Å²) < 4.78 is 7.28. The van der Waals surface area contributed by atoms with Crippen molar-refractivity contribution in [3.63, 3.8) is 0 Å². The molecule has 2 aromatic rings. The van der Waals surface area contributed by atoms with E-state index >= 15 is 0 Å². The second-order valence-electron chi connectivity index (χ2n) is 4.76. The van der Waals surface area contributed by atoms with E-state index in [1.54, 1.807) is 6.26 Å². The van der Waals surface area contributed by atoms with Crippen LogP contribution in [0.25, 0.3) is 0 Å². The van der Waals surface area contributed by atoms with E-state index in [0.29, 0.717) is 5.22 Å². The molecule has 0 bridgehead atoms. The molecule has 0 saturated heterocycles. The fourth-order valence-corrected chi connectivity index (χ4v) is 2.67. The number of hydrogen-bond donors (Lipinski definition) is 1. The highest BCUT2D eigenvalue weighted by Crippen LogP contribution is 2.27. The van der Waals surface area contributed by atoms with E-state index in [-0.39, 0.29) is 6.04 Å². The van der Waals surface area contributed by atoms with Crippen LogP contribution in [0.15, 0.2) is 22.8 Å². The lowest BCUT2D eigenvalue weighted by molar-refractivity contribution is 0.504. The van der Waals surface area contributed by atoms with Crippen LogP contribution in [-0.2, 0) is 19.4 Å². The van der Waals surface area contributed by atoms with Gasteiger partial charge in [0.15, 0.2) is 5.22 Å². The van der Waals surface area contributed by atoms with Crippen molar-refractivity contribution in [1.29, 1.82) is 0 Å². The lowest BCUT2D eigenvalue weighted by Gasteiger charge is -2.17. The average molecular weight is 296 g/mol. The Balaban J connectivity index is 2.24. The molecule has 5 heteroatoms. The predicted molar refractivity (Wildman–Crippen MR) is 81.1 cm³/mol. The van der Waals surface area contributed by atoms with Crippen LogP contribution >= 0.6 is 11.6 Å². The molecule has 0 aliphatic rings. The molecule has 0 aliphatic carbocycles. The summed E-state index contributed by atoms with van der Waals surface area (Å²) >= 11 is 6.11. The summed E-state index contributed by atoms with van der Waals surface area (Å²) in [5, 5.41) is 8.53. The number of aromatic nitrogens is 2. The van der Waals surface area contributed by atoms with Gasteiger partial charge in [0, 0.05) is 30.3 Å². The van der Waals surface area contributed by atoms with Crippen LogP contribution in [0.5, 0.6) is 0 Å². The molecule has 0 amide bonds. The largest absolute Gasteiger partial charge is 0.453 e. The van der Waals surface area contributed by atoms with Crippen LogP contribution in [0, 0.1) is 0 Å². The number of aryl methyl sites for hydroxylation is 2. The normalized spacial score (nSPS) is 12.8.